The Kier molecular flexibility index (Phi) is 4.72. The maximum absolute atomic E-state index is 10.4. The van der Waals surface area contributed by atoms with Crippen molar-refractivity contribution < 1.29 is 20.0 Å². The molecule has 118 valence electrons. The average Bonchev–Trinajstić information content (AvgIpc) is 2.87. The minimum Gasteiger partial charge on any atom is -0.411 e. The second kappa shape index (κ2) is 6.91. The molecule has 3 rings (SSSR count). The molecule has 1 aromatic carbocycles. The first-order valence-electron chi connectivity index (χ1n) is 7.62. The van der Waals surface area contributed by atoms with Gasteiger partial charge in [0, 0.05) is 22.7 Å². The van der Waals surface area contributed by atoms with Gasteiger partial charge in [0.2, 0.25) is 0 Å². The van der Waals surface area contributed by atoms with E-state index in [9.17, 15) is 5.11 Å². The Bertz CT molecular complexity index is 647. The highest BCUT2D eigenvalue weighted by Crippen LogP contribution is 2.20. The van der Waals surface area contributed by atoms with Gasteiger partial charge in [-0.2, -0.15) is 0 Å². The molecule has 22 heavy (non-hydrogen) atoms. The van der Waals surface area contributed by atoms with Crippen molar-refractivity contribution >= 4 is 17.1 Å². The van der Waals surface area contributed by atoms with Crippen molar-refractivity contribution in [2.24, 2.45) is 5.16 Å². The minimum atomic E-state index is -0.414. The maximum atomic E-state index is 10.4. The molecule has 0 amide bonds. The number of ether oxygens (including phenoxy) is 1. The fraction of sp³-hybridized carbons (Fsp3) is 0.438. The van der Waals surface area contributed by atoms with Crippen LogP contribution in [0.4, 0.5) is 0 Å². The van der Waals surface area contributed by atoms with Crippen LogP contribution in [0.5, 0.6) is 0 Å². The molecule has 3 N–H and O–H groups in total. The molecule has 1 aliphatic heterocycles. The number of quaternary nitrogens is 1. The highest BCUT2D eigenvalue weighted by molar-refractivity contribution is 5.99. The second-order valence-electron chi connectivity index (χ2n) is 5.72. The summed E-state index contributed by atoms with van der Waals surface area (Å²) in [7, 11) is 0. The summed E-state index contributed by atoms with van der Waals surface area (Å²) < 4.78 is 7.37. The first kappa shape index (κ1) is 15.0. The van der Waals surface area contributed by atoms with E-state index >= 15 is 0 Å². The third-order valence-corrected chi connectivity index (χ3v) is 4.15. The third kappa shape index (κ3) is 3.30. The van der Waals surface area contributed by atoms with E-state index in [0.29, 0.717) is 6.54 Å². The van der Waals surface area contributed by atoms with Crippen LogP contribution >= 0.6 is 0 Å². The topological polar surface area (TPSA) is 71.4 Å². The molecule has 6 nitrogen and oxygen atoms in total. The van der Waals surface area contributed by atoms with Gasteiger partial charge >= 0.3 is 0 Å². The van der Waals surface area contributed by atoms with Crippen LogP contribution in [0.3, 0.4) is 0 Å². The van der Waals surface area contributed by atoms with Gasteiger partial charge in [-0.15, -0.1) is 0 Å². The zero-order valence-corrected chi connectivity index (χ0v) is 12.5. The van der Waals surface area contributed by atoms with E-state index in [1.165, 1.54) is 11.1 Å². The first-order valence-corrected chi connectivity index (χ1v) is 7.62. The van der Waals surface area contributed by atoms with Gasteiger partial charge in [-0.05, 0) is 6.07 Å². The number of benzene rings is 1. The lowest BCUT2D eigenvalue weighted by molar-refractivity contribution is -0.911. The summed E-state index contributed by atoms with van der Waals surface area (Å²) in [5.74, 6) is 0. The van der Waals surface area contributed by atoms with Gasteiger partial charge in [-0.1, -0.05) is 23.4 Å². The van der Waals surface area contributed by atoms with Gasteiger partial charge in [-0.3, -0.25) is 0 Å². The standard InChI is InChI=1S/C16H21N3O3/c20-14(11-18-5-7-22-8-6-18)12-19-10-13(9-17-21)15-3-1-2-4-16(15)19/h1-4,9-10,14,20-21H,5-8,11-12H2/p+1/b17-9-/t14-/m1/s1. The highest BCUT2D eigenvalue weighted by atomic mass is 16.5. The van der Waals surface area contributed by atoms with Gasteiger partial charge in [0.05, 0.1) is 26.0 Å². The number of aliphatic hydroxyl groups excluding tert-OH is 1. The Hall–Kier alpha value is -1.89. The minimum absolute atomic E-state index is 0.414. The van der Waals surface area contributed by atoms with Gasteiger partial charge < -0.3 is 24.5 Å². The van der Waals surface area contributed by atoms with Crippen LogP contribution in [0.25, 0.3) is 10.9 Å². The molecule has 0 unspecified atom stereocenters. The van der Waals surface area contributed by atoms with E-state index in [0.717, 1.165) is 49.3 Å². The van der Waals surface area contributed by atoms with Crippen molar-refractivity contribution in [2.45, 2.75) is 12.6 Å². The van der Waals surface area contributed by atoms with E-state index in [4.69, 9.17) is 9.94 Å². The molecule has 0 aliphatic carbocycles. The van der Waals surface area contributed by atoms with Crippen LogP contribution in [-0.2, 0) is 11.3 Å². The monoisotopic (exact) mass is 304 g/mol. The number of aliphatic hydroxyl groups is 1. The molecular weight excluding hydrogens is 282 g/mol. The zero-order valence-electron chi connectivity index (χ0n) is 12.5. The number of aromatic nitrogens is 1. The van der Waals surface area contributed by atoms with Crippen LogP contribution in [0.1, 0.15) is 5.56 Å². The van der Waals surface area contributed by atoms with Crippen LogP contribution in [-0.4, -0.2) is 60.0 Å². The van der Waals surface area contributed by atoms with Crippen molar-refractivity contribution in [1.82, 2.24) is 4.57 Å². The summed E-state index contributed by atoms with van der Waals surface area (Å²) in [6.45, 7) is 4.69. The van der Waals surface area contributed by atoms with E-state index in [-0.39, 0.29) is 0 Å². The lowest BCUT2D eigenvalue weighted by Gasteiger charge is -2.26. The van der Waals surface area contributed by atoms with Crippen molar-refractivity contribution in [3.63, 3.8) is 0 Å². The zero-order chi connectivity index (χ0) is 15.4. The average molecular weight is 304 g/mol. The molecule has 1 atom stereocenters. The van der Waals surface area contributed by atoms with Gasteiger partial charge in [0.25, 0.3) is 0 Å². The Morgan fingerprint density at radius 3 is 2.86 bits per heavy atom. The van der Waals surface area contributed by atoms with Crippen molar-refractivity contribution in [3.8, 4) is 0 Å². The lowest BCUT2D eigenvalue weighted by atomic mass is 10.2. The molecule has 0 saturated carbocycles. The smallest absolute Gasteiger partial charge is 0.121 e. The Balaban J connectivity index is 1.75. The lowest BCUT2D eigenvalue weighted by Crippen LogP contribution is -3.15. The van der Waals surface area contributed by atoms with E-state index in [2.05, 4.69) is 5.16 Å². The summed E-state index contributed by atoms with van der Waals surface area (Å²) in [5.41, 5.74) is 1.89. The molecule has 6 heteroatoms. The van der Waals surface area contributed by atoms with E-state index in [1.54, 1.807) is 0 Å². The predicted molar refractivity (Wildman–Crippen MR) is 83.7 cm³/mol. The number of fused-ring (bicyclic) bond motifs is 1. The second-order valence-corrected chi connectivity index (χ2v) is 5.72. The molecule has 1 fully saturated rings. The fourth-order valence-electron chi connectivity index (χ4n) is 3.08. The molecule has 1 aromatic heterocycles. The number of rotatable bonds is 5. The summed E-state index contributed by atoms with van der Waals surface area (Å²) in [6, 6.07) is 7.93. The van der Waals surface area contributed by atoms with Crippen LogP contribution in [0.15, 0.2) is 35.6 Å². The molecule has 2 heterocycles. The number of oxime groups is 1. The fourth-order valence-corrected chi connectivity index (χ4v) is 3.08. The predicted octanol–water partition coefficient (Wildman–Crippen LogP) is -0.275. The van der Waals surface area contributed by atoms with E-state index in [1.807, 2.05) is 35.0 Å². The summed E-state index contributed by atoms with van der Waals surface area (Å²) in [5, 5.41) is 23.3. The number of nitrogens with one attached hydrogen (secondary N) is 1. The van der Waals surface area contributed by atoms with Crippen LogP contribution in [0.2, 0.25) is 0 Å². The van der Waals surface area contributed by atoms with Gasteiger partial charge in [-0.25, -0.2) is 0 Å². The van der Waals surface area contributed by atoms with E-state index < -0.39 is 6.10 Å². The number of hydrogen-bond acceptors (Lipinski definition) is 4. The largest absolute Gasteiger partial charge is 0.411 e. The SMILES string of the molecule is O/N=C\c1cn(C[C@H](O)C[NH+]2CCOCC2)c2ccccc12. The number of morpholine rings is 1. The molecule has 0 bridgehead atoms. The molecule has 1 saturated heterocycles. The molecule has 2 aromatic rings. The maximum Gasteiger partial charge on any atom is 0.121 e. The Morgan fingerprint density at radius 2 is 2.09 bits per heavy atom. The third-order valence-electron chi connectivity index (χ3n) is 4.15. The summed E-state index contributed by atoms with van der Waals surface area (Å²) >= 11 is 0. The van der Waals surface area contributed by atoms with Crippen molar-refractivity contribution in [2.75, 3.05) is 32.8 Å². The van der Waals surface area contributed by atoms with Crippen LogP contribution < -0.4 is 4.90 Å². The first-order chi connectivity index (χ1) is 10.8. The number of nitrogens with zero attached hydrogens (tertiary/aromatic N) is 2. The molecule has 0 radical (unpaired) electrons. The molecular formula is C16H22N3O3+. The van der Waals surface area contributed by atoms with Gasteiger partial charge in [0.15, 0.2) is 0 Å². The number of para-hydroxylation sites is 1. The molecule has 0 spiro atoms. The quantitative estimate of drug-likeness (QED) is 0.404. The highest BCUT2D eigenvalue weighted by Gasteiger charge is 2.19. The number of hydrogen-bond donors (Lipinski definition) is 3. The van der Waals surface area contributed by atoms with Crippen molar-refractivity contribution in [1.29, 1.82) is 0 Å². The summed E-state index contributed by atoms with van der Waals surface area (Å²) in [4.78, 5) is 1.38. The molecule has 1 aliphatic rings. The Morgan fingerprint density at radius 1 is 1.32 bits per heavy atom. The van der Waals surface area contributed by atoms with Crippen molar-refractivity contribution in [3.05, 3.63) is 36.0 Å². The van der Waals surface area contributed by atoms with Crippen LogP contribution in [0, 0.1) is 0 Å². The normalized spacial score (nSPS) is 18.2. The summed E-state index contributed by atoms with van der Waals surface area (Å²) in [6.07, 6.45) is 2.93. The van der Waals surface area contributed by atoms with Gasteiger partial charge in [0.1, 0.15) is 25.7 Å². The Labute approximate surface area is 129 Å².